The number of hydrogen-bond acceptors (Lipinski definition) is 3. The number of carbonyl (C=O) groups excluding carboxylic acids is 1. The van der Waals surface area contributed by atoms with E-state index in [9.17, 15) is 9.90 Å². The minimum Gasteiger partial charge on any atom is -0.508 e. The Balaban J connectivity index is 2.04. The lowest BCUT2D eigenvalue weighted by Gasteiger charge is -2.01. The largest absolute Gasteiger partial charge is 0.508 e. The third kappa shape index (κ3) is 2.07. The molecule has 0 amide bonds. The lowest BCUT2D eigenvalue weighted by Crippen LogP contribution is -1.99. The monoisotopic (exact) mass is 266 g/mol. The summed E-state index contributed by atoms with van der Waals surface area (Å²) in [6.45, 7) is 3.78. The quantitative estimate of drug-likeness (QED) is 0.802. The number of rotatable bonds is 1. The normalized spacial score (nSPS) is 15.3. The summed E-state index contributed by atoms with van der Waals surface area (Å²) in [5, 5.41) is 9.57. The molecule has 3 rings (SSSR count). The van der Waals surface area contributed by atoms with Crippen LogP contribution in [0.15, 0.2) is 42.2 Å². The summed E-state index contributed by atoms with van der Waals surface area (Å²) in [6.07, 6.45) is 1.73. The fraction of sp³-hybridized carbons (Fsp3) is 0.118. The second-order valence-corrected chi connectivity index (χ2v) is 4.99. The summed E-state index contributed by atoms with van der Waals surface area (Å²) in [5.74, 6) is 0.676. The lowest BCUT2D eigenvalue weighted by molar-refractivity contribution is 0.101. The first kappa shape index (κ1) is 12.5. The molecule has 0 atom stereocenters. The van der Waals surface area contributed by atoms with Crippen LogP contribution in [0.4, 0.5) is 0 Å². The summed E-state index contributed by atoms with van der Waals surface area (Å²) >= 11 is 0. The Bertz CT molecular complexity index is 742. The van der Waals surface area contributed by atoms with Crippen LogP contribution in [-0.4, -0.2) is 10.9 Å². The van der Waals surface area contributed by atoms with E-state index in [0.717, 1.165) is 16.7 Å². The van der Waals surface area contributed by atoms with E-state index in [-0.39, 0.29) is 11.5 Å². The number of phenolic OH excluding ortho intramolecular Hbond substituents is 1. The molecule has 20 heavy (non-hydrogen) atoms. The highest BCUT2D eigenvalue weighted by molar-refractivity contribution is 6.15. The molecule has 0 bridgehead atoms. The predicted molar refractivity (Wildman–Crippen MR) is 77.0 cm³/mol. The van der Waals surface area contributed by atoms with Gasteiger partial charge in [0, 0.05) is 6.07 Å². The molecule has 3 nitrogen and oxygen atoms in total. The van der Waals surface area contributed by atoms with Crippen molar-refractivity contribution in [2.45, 2.75) is 13.8 Å². The maximum atomic E-state index is 12.3. The first-order valence-electron chi connectivity index (χ1n) is 6.39. The Morgan fingerprint density at radius 2 is 1.95 bits per heavy atom. The first-order chi connectivity index (χ1) is 9.54. The molecule has 1 aliphatic rings. The van der Waals surface area contributed by atoms with Gasteiger partial charge in [-0.25, -0.2) is 0 Å². The van der Waals surface area contributed by atoms with Gasteiger partial charge in [0.05, 0.1) is 5.56 Å². The Morgan fingerprint density at radius 3 is 2.70 bits per heavy atom. The van der Waals surface area contributed by atoms with Gasteiger partial charge in [0.15, 0.2) is 5.76 Å². The molecule has 3 heteroatoms. The van der Waals surface area contributed by atoms with Crippen LogP contribution in [0, 0.1) is 13.8 Å². The number of ether oxygens (including phenoxy) is 1. The Morgan fingerprint density at radius 1 is 1.15 bits per heavy atom. The molecule has 0 radical (unpaired) electrons. The van der Waals surface area contributed by atoms with Crippen LogP contribution >= 0.6 is 0 Å². The molecule has 100 valence electrons. The molecule has 0 aromatic heterocycles. The molecular formula is C17H14O3. The van der Waals surface area contributed by atoms with Crippen molar-refractivity contribution in [2.75, 3.05) is 0 Å². The zero-order valence-corrected chi connectivity index (χ0v) is 11.3. The highest BCUT2D eigenvalue weighted by atomic mass is 16.5. The summed E-state index contributed by atoms with van der Waals surface area (Å²) in [4.78, 5) is 12.3. The van der Waals surface area contributed by atoms with E-state index in [0.29, 0.717) is 17.1 Å². The summed E-state index contributed by atoms with van der Waals surface area (Å²) in [6, 6.07) is 10.9. The minimum atomic E-state index is -0.140. The van der Waals surface area contributed by atoms with Crippen LogP contribution < -0.4 is 4.74 Å². The Hall–Kier alpha value is -2.55. The average Bonchev–Trinajstić information content (AvgIpc) is 2.66. The highest BCUT2D eigenvalue weighted by Crippen LogP contribution is 2.37. The number of aromatic hydroxyl groups is 1. The molecule has 1 heterocycles. The number of Topliss-reactive ketones (excluding diaryl/α,β-unsaturated/α-hetero) is 1. The summed E-state index contributed by atoms with van der Waals surface area (Å²) in [5.41, 5.74) is 3.29. The topological polar surface area (TPSA) is 46.5 Å². The van der Waals surface area contributed by atoms with Gasteiger partial charge in [-0.1, -0.05) is 29.8 Å². The molecule has 0 aliphatic carbocycles. The predicted octanol–water partition coefficient (Wildman–Crippen LogP) is 3.63. The zero-order chi connectivity index (χ0) is 14.3. The maximum Gasteiger partial charge on any atom is 0.232 e. The van der Waals surface area contributed by atoms with E-state index in [1.54, 1.807) is 19.1 Å². The third-order valence-corrected chi connectivity index (χ3v) is 3.29. The number of benzene rings is 2. The smallest absolute Gasteiger partial charge is 0.232 e. The van der Waals surface area contributed by atoms with Crippen molar-refractivity contribution in [3.8, 4) is 11.5 Å². The third-order valence-electron chi connectivity index (χ3n) is 3.29. The van der Waals surface area contributed by atoms with Crippen LogP contribution in [0.5, 0.6) is 11.5 Å². The van der Waals surface area contributed by atoms with Gasteiger partial charge in [0.2, 0.25) is 5.78 Å². The van der Waals surface area contributed by atoms with Crippen molar-refractivity contribution < 1.29 is 14.6 Å². The van der Waals surface area contributed by atoms with E-state index in [2.05, 4.69) is 0 Å². The number of ketones is 1. The van der Waals surface area contributed by atoms with Crippen LogP contribution in [-0.2, 0) is 0 Å². The van der Waals surface area contributed by atoms with Crippen LogP contribution in [0.2, 0.25) is 0 Å². The van der Waals surface area contributed by atoms with Crippen molar-refractivity contribution >= 4 is 11.9 Å². The highest BCUT2D eigenvalue weighted by Gasteiger charge is 2.29. The van der Waals surface area contributed by atoms with Crippen molar-refractivity contribution in [3.63, 3.8) is 0 Å². The van der Waals surface area contributed by atoms with E-state index in [4.69, 9.17) is 4.74 Å². The fourth-order valence-electron chi connectivity index (χ4n) is 2.40. The van der Waals surface area contributed by atoms with Crippen LogP contribution in [0.25, 0.3) is 6.08 Å². The number of aryl methyl sites for hydroxylation is 2. The molecule has 2 aromatic rings. The van der Waals surface area contributed by atoms with E-state index in [1.807, 2.05) is 31.2 Å². The van der Waals surface area contributed by atoms with Crippen molar-refractivity contribution in [3.05, 3.63) is 64.4 Å². The number of phenols is 1. The van der Waals surface area contributed by atoms with Gasteiger partial charge >= 0.3 is 0 Å². The molecule has 2 aromatic carbocycles. The van der Waals surface area contributed by atoms with Crippen molar-refractivity contribution in [2.24, 2.45) is 0 Å². The molecule has 1 N–H and O–H groups in total. The van der Waals surface area contributed by atoms with Crippen molar-refractivity contribution in [1.82, 2.24) is 0 Å². The summed E-state index contributed by atoms with van der Waals surface area (Å²) in [7, 11) is 0. The Kier molecular flexibility index (Phi) is 2.83. The number of hydrogen-bond donors (Lipinski definition) is 1. The number of fused-ring (bicyclic) bond motifs is 1. The van der Waals surface area contributed by atoms with E-state index in [1.165, 1.54) is 6.07 Å². The molecule has 0 unspecified atom stereocenters. The standard InChI is InChI=1S/C17H14O3/c1-10-4-3-5-12(6-10)8-15-17(19)16-11(2)7-13(18)9-14(16)20-15/h3-9,18H,1-2H3. The van der Waals surface area contributed by atoms with Gasteiger partial charge in [-0.2, -0.15) is 0 Å². The van der Waals surface area contributed by atoms with Gasteiger partial charge in [0.25, 0.3) is 0 Å². The van der Waals surface area contributed by atoms with Crippen molar-refractivity contribution in [1.29, 1.82) is 0 Å². The number of carbonyl (C=O) groups is 1. The molecular weight excluding hydrogens is 252 g/mol. The lowest BCUT2D eigenvalue weighted by atomic mass is 10.0. The first-order valence-corrected chi connectivity index (χ1v) is 6.39. The zero-order valence-electron chi connectivity index (χ0n) is 11.3. The Labute approximate surface area is 117 Å². The molecule has 0 saturated heterocycles. The second kappa shape index (κ2) is 4.53. The van der Waals surface area contributed by atoms with Crippen LogP contribution in [0.3, 0.4) is 0 Å². The fourth-order valence-corrected chi connectivity index (χ4v) is 2.40. The van der Waals surface area contributed by atoms with Gasteiger partial charge in [-0.3, -0.25) is 4.79 Å². The van der Waals surface area contributed by atoms with Gasteiger partial charge in [0.1, 0.15) is 11.5 Å². The maximum absolute atomic E-state index is 12.3. The molecule has 0 fully saturated rings. The molecule has 0 spiro atoms. The van der Waals surface area contributed by atoms with Gasteiger partial charge < -0.3 is 9.84 Å². The number of allylic oxidation sites excluding steroid dienone is 1. The van der Waals surface area contributed by atoms with Gasteiger partial charge in [-0.15, -0.1) is 0 Å². The van der Waals surface area contributed by atoms with E-state index >= 15 is 0 Å². The average molecular weight is 266 g/mol. The van der Waals surface area contributed by atoms with Crippen LogP contribution in [0.1, 0.15) is 27.0 Å². The van der Waals surface area contributed by atoms with Gasteiger partial charge in [-0.05, 0) is 37.1 Å². The molecule has 0 saturated carbocycles. The van der Waals surface area contributed by atoms with E-state index < -0.39 is 0 Å². The summed E-state index contributed by atoms with van der Waals surface area (Å²) < 4.78 is 5.58. The SMILES string of the molecule is Cc1cccc(C=C2Oc3cc(O)cc(C)c3C2=O)c1. The molecule has 1 aliphatic heterocycles. The second-order valence-electron chi connectivity index (χ2n) is 4.99. The minimum absolute atomic E-state index is 0.103.